The fourth-order valence-electron chi connectivity index (χ4n) is 4.18. The SMILES string of the molecule is COCC(=O)Nc1cc(C(=O)NCCc2ccc(OC)cc2)c2c(c1)nc(C1CCC1)n2C. The van der Waals surface area contributed by atoms with Crippen LogP contribution in [0.3, 0.4) is 0 Å². The highest BCUT2D eigenvalue weighted by Gasteiger charge is 2.27. The molecule has 174 valence electrons. The van der Waals surface area contributed by atoms with Crippen molar-refractivity contribution in [3.8, 4) is 5.75 Å². The largest absolute Gasteiger partial charge is 0.497 e. The topological polar surface area (TPSA) is 94.5 Å². The fourth-order valence-corrected chi connectivity index (χ4v) is 4.18. The lowest BCUT2D eigenvalue weighted by Gasteiger charge is -2.24. The molecule has 3 aromatic rings. The molecule has 1 aromatic heterocycles. The summed E-state index contributed by atoms with van der Waals surface area (Å²) in [5.74, 6) is 1.73. The van der Waals surface area contributed by atoms with Crippen LogP contribution in [-0.2, 0) is 23.0 Å². The van der Waals surface area contributed by atoms with Crippen molar-refractivity contribution in [1.82, 2.24) is 14.9 Å². The highest BCUT2D eigenvalue weighted by molar-refractivity contribution is 6.07. The number of nitrogens with one attached hydrogen (secondary N) is 2. The highest BCUT2D eigenvalue weighted by atomic mass is 16.5. The van der Waals surface area contributed by atoms with Crippen LogP contribution < -0.4 is 15.4 Å². The van der Waals surface area contributed by atoms with Gasteiger partial charge < -0.3 is 24.7 Å². The molecule has 2 amide bonds. The van der Waals surface area contributed by atoms with Crippen molar-refractivity contribution in [1.29, 1.82) is 0 Å². The molecular formula is C25H30N4O4. The van der Waals surface area contributed by atoms with Gasteiger partial charge in [-0.25, -0.2) is 4.98 Å². The van der Waals surface area contributed by atoms with E-state index in [0.717, 1.165) is 35.5 Å². The summed E-state index contributed by atoms with van der Waals surface area (Å²) in [4.78, 5) is 30.1. The Morgan fingerprint density at radius 2 is 1.91 bits per heavy atom. The molecular weight excluding hydrogens is 420 g/mol. The van der Waals surface area contributed by atoms with Crippen molar-refractivity contribution in [2.45, 2.75) is 31.6 Å². The van der Waals surface area contributed by atoms with Crippen LogP contribution in [0.4, 0.5) is 5.69 Å². The van der Waals surface area contributed by atoms with E-state index in [9.17, 15) is 9.59 Å². The summed E-state index contributed by atoms with van der Waals surface area (Å²) < 4.78 is 12.1. The number of rotatable bonds is 9. The number of ether oxygens (including phenoxy) is 2. The van der Waals surface area contributed by atoms with Gasteiger partial charge in [0.15, 0.2) is 0 Å². The highest BCUT2D eigenvalue weighted by Crippen LogP contribution is 2.37. The zero-order valence-electron chi connectivity index (χ0n) is 19.3. The van der Waals surface area contributed by atoms with E-state index in [0.29, 0.717) is 35.7 Å². The van der Waals surface area contributed by atoms with E-state index in [1.807, 2.05) is 41.9 Å². The zero-order chi connectivity index (χ0) is 23.4. The summed E-state index contributed by atoms with van der Waals surface area (Å²) in [7, 11) is 5.06. The quantitative estimate of drug-likeness (QED) is 0.521. The standard InChI is InChI=1S/C25H30N4O4/c1-29-23-20(25(31)26-12-11-16-7-9-19(33-3)10-8-16)13-18(27-22(30)15-32-2)14-21(23)28-24(29)17-5-4-6-17/h7-10,13-14,17H,4-6,11-12,15H2,1-3H3,(H,26,31)(H,27,30). The number of nitrogens with zero attached hydrogens (tertiary/aromatic N) is 2. The van der Waals surface area contributed by atoms with E-state index in [1.165, 1.54) is 13.5 Å². The van der Waals surface area contributed by atoms with Crippen LogP contribution in [0.2, 0.25) is 0 Å². The van der Waals surface area contributed by atoms with Crippen LogP contribution in [0.15, 0.2) is 36.4 Å². The second-order valence-corrected chi connectivity index (χ2v) is 8.38. The minimum atomic E-state index is -0.280. The Bertz CT molecular complexity index is 1150. The number of carbonyl (C=O) groups is 2. The fraction of sp³-hybridized carbons (Fsp3) is 0.400. The Hall–Kier alpha value is -3.39. The number of imidazole rings is 1. The molecule has 0 bridgehead atoms. The molecule has 1 saturated carbocycles. The van der Waals surface area contributed by atoms with Gasteiger partial charge in [-0.15, -0.1) is 0 Å². The van der Waals surface area contributed by atoms with Gasteiger partial charge in [-0.2, -0.15) is 0 Å². The van der Waals surface area contributed by atoms with Crippen LogP contribution in [0.1, 0.15) is 46.9 Å². The van der Waals surface area contributed by atoms with Crippen molar-refractivity contribution in [3.05, 3.63) is 53.3 Å². The first-order chi connectivity index (χ1) is 16.0. The van der Waals surface area contributed by atoms with Crippen LogP contribution in [0.5, 0.6) is 5.75 Å². The molecule has 1 fully saturated rings. The number of amides is 2. The smallest absolute Gasteiger partial charge is 0.253 e. The third-order valence-corrected chi connectivity index (χ3v) is 6.14. The summed E-state index contributed by atoms with van der Waals surface area (Å²) >= 11 is 0. The van der Waals surface area contributed by atoms with Gasteiger partial charge in [0.1, 0.15) is 18.2 Å². The molecule has 0 spiro atoms. The van der Waals surface area contributed by atoms with Gasteiger partial charge in [0.25, 0.3) is 5.91 Å². The number of hydrogen-bond donors (Lipinski definition) is 2. The number of methoxy groups -OCH3 is 2. The molecule has 1 heterocycles. The van der Waals surface area contributed by atoms with Crippen LogP contribution in [0, 0.1) is 0 Å². The molecule has 33 heavy (non-hydrogen) atoms. The Morgan fingerprint density at radius 1 is 1.15 bits per heavy atom. The summed E-state index contributed by atoms with van der Waals surface area (Å²) in [6.45, 7) is 0.428. The van der Waals surface area contributed by atoms with E-state index in [-0.39, 0.29) is 18.4 Å². The van der Waals surface area contributed by atoms with Crippen LogP contribution >= 0.6 is 0 Å². The Labute approximate surface area is 193 Å². The first-order valence-electron chi connectivity index (χ1n) is 11.2. The van der Waals surface area contributed by atoms with Gasteiger partial charge in [-0.05, 0) is 49.1 Å². The first-order valence-corrected chi connectivity index (χ1v) is 11.2. The van der Waals surface area contributed by atoms with Crippen molar-refractivity contribution in [2.75, 3.05) is 32.7 Å². The number of carbonyl (C=O) groups excluding carboxylic acids is 2. The van der Waals surface area contributed by atoms with E-state index in [2.05, 4.69) is 10.6 Å². The average Bonchev–Trinajstić information content (AvgIpc) is 3.08. The number of aromatic nitrogens is 2. The third-order valence-electron chi connectivity index (χ3n) is 6.14. The van der Waals surface area contributed by atoms with Gasteiger partial charge in [0, 0.05) is 32.3 Å². The maximum Gasteiger partial charge on any atom is 0.253 e. The number of benzene rings is 2. The van der Waals surface area contributed by atoms with Crippen LogP contribution in [-0.4, -0.2) is 48.7 Å². The lowest BCUT2D eigenvalue weighted by Crippen LogP contribution is -2.26. The predicted octanol–water partition coefficient (Wildman–Crippen LogP) is 3.41. The summed E-state index contributed by atoms with van der Waals surface area (Å²) in [5.41, 5.74) is 3.62. The molecule has 1 aliphatic rings. The van der Waals surface area contributed by atoms with Crippen LogP contribution in [0.25, 0.3) is 11.0 Å². The van der Waals surface area contributed by atoms with Crippen molar-refractivity contribution in [3.63, 3.8) is 0 Å². The summed E-state index contributed by atoms with van der Waals surface area (Å²) in [5, 5.41) is 5.82. The monoisotopic (exact) mass is 450 g/mol. The minimum absolute atomic E-state index is 0.0586. The second kappa shape index (κ2) is 10.0. The lowest BCUT2D eigenvalue weighted by molar-refractivity contribution is -0.119. The molecule has 0 radical (unpaired) electrons. The van der Waals surface area contributed by atoms with Crippen molar-refractivity contribution in [2.24, 2.45) is 7.05 Å². The van der Waals surface area contributed by atoms with Crippen molar-refractivity contribution >= 4 is 28.5 Å². The Morgan fingerprint density at radius 3 is 2.55 bits per heavy atom. The third kappa shape index (κ3) is 5.01. The van der Waals surface area contributed by atoms with E-state index < -0.39 is 0 Å². The molecule has 0 unspecified atom stereocenters. The van der Waals surface area contributed by atoms with Gasteiger partial charge >= 0.3 is 0 Å². The molecule has 1 aliphatic carbocycles. The number of anilines is 1. The Balaban J connectivity index is 1.57. The number of fused-ring (bicyclic) bond motifs is 1. The molecule has 4 rings (SSSR count). The maximum absolute atomic E-state index is 13.2. The Kier molecular flexibility index (Phi) is 6.93. The first kappa shape index (κ1) is 22.8. The molecule has 0 saturated heterocycles. The normalized spacial score (nSPS) is 13.5. The minimum Gasteiger partial charge on any atom is -0.497 e. The molecule has 0 aliphatic heterocycles. The average molecular weight is 451 g/mol. The lowest BCUT2D eigenvalue weighted by atomic mass is 9.85. The molecule has 2 aromatic carbocycles. The second-order valence-electron chi connectivity index (χ2n) is 8.38. The van der Waals surface area contributed by atoms with E-state index >= 15 is 0 Å². The summed E-state index contributed by atoms with van der Waals surface area (Å²) in [6.07, 6.45) is 4.11. The molecule has 0 atom stereocenters. The molecule has 8 nitrogen and oxygen atoms in total. The molecule has 8 heteroatoms. The maximum atomic E-state index is 13.2. The zero-order valence-corrected chi connectivity index (χ0v) is 19.3. The van der Waals surface area contributed by atoms with Gasteiger partial charge in [0.05, 0.1) is 23.7 Å². The summed E-state index contributed by atoms with van der Waals surface area (Å²) in [6, 6.07) is 11.3. The number of aryl methyl sites for hydroxylation is 1. The van der Waals surface area contributed by atoms with E-state index in [1.54, 1.807) is 13.2 Å². The predicted molar refractivity (Wildman–Crippen MR) is 127 cm³/mol. The van der Waals surface area contributed by atoms with E-state index in [4.69, 9.17) is 14.5 Å². The van der Waals surface area contributed by atoms with Gasteiger partial charge in [0.2, 0.25) is 5.91 Å². The van der Waals surface area contributed by atoms with Gasteiger partial charge in [-0.3, -0.25) is 9.59 Å². The van der Waals surface area contributed by atoms with Crippen molar-refractivity contribution < 1.29 is 19.1 Å². The van der Waals surface area contributed by atoms with Gasteiger partial charge in [-0.1, -0.05) is 18.6 Å². The molecule has 2 N–H and O–H groups in total. The number of hydrogen-bond acceptors (Lipinski definition) is 5.